The van der Waals surface area contributed by atoms with Gasteiger partial charge in [0, 0.05) is 10.0 Å². The van der Waals surface area contributed by atoms with Crippen LogP contribution in [-0.4, -0.2) is 24.2 Å². The minimum Gasteiger partial charge on any atom is -0.481 e. The Bertz CT molecular complexity index is 1420. The molecular formula is C28H23BrN2O4. The molecule has 35 heavy (non-hydrogen) atoms. The maximum Gasteiger partial charge on any atom is 0.343 e. The summed E-state index contributed by atoms with van der Waals surface area (Å²) in [5, 5.41) is 6.15. The van der Waals surface area contributed by atoms with E-state index in [0.29, 0.717) is 22.6 Å². The lowest BCUT2D eigenvalue weighted by molar-refractivity contribution is -0.127. The molecule has 0 fully saturated rings. The van der Waals surface area contributed by atoms with Crippen molar-refractivity contribution >= 4 is 44.8 Å². The third kappa shape index (κ3) is 6.33. The van der Waals surface area contributed by atoms with Gasteiger partial charge in [-0.05, 0) is 67.1 Å². The minimum absolute atomic E-state index is 0.318. The van der Waals surface area contributed by atoms with E-state index in [1.165, 1.54) is 6.21 Å². The first-order valence-corrected chi connectivity index (χ1v) is 11.7. The average Bonchev–Trinajstić information content (AvgIpc) is 2.85. The van der Waals surface area contributed by atoms with Crippen LogP contribution in [0.15, 0.2) is 94.5 Å². The second-order valence-corrected chi connectivity index (χ2v) is 8.86. The summed E-state index contributed by atoms with van der Waals surface area (Å²) in [6.07, 6.45) is 0.652. The van der Waals surface area contributed by atoms with E-state index < -0.39 is 18.0 Å². The van der Waals surface area contributed by atoms with Gasteiger partial charge in [0.1, 0.15) is 11.5 Å². The van der Waals surface area contributed by atoms with Gasteiger partial charge in [0.05, 0.1) is 11.8 Å². The normalized spacial score (nSPS) is 11.9. The van der Waals surface area contributed by atoms with Gasteiger partial charge >= 0.3 is 5.97 Å². The molecule has 1 atom stereocenters. The van der Waals surface area contributed by atoms with E-state index in [0.717, 1.165) is 20.8 Å². The molecule has 0 bridgehead atoms. The maximum atomic E-state index is 12.6. The zero-order valence-corrected chi connectivity index (χ0v) is 20.8. The van der Waals surface area contributed by atoms with Gasteiger partial charge in [-0.15, -0.1) is 0 Å². The monoisotopic (exact) mass is 530 g/mol. The summed E-state index contributed by atoms with van der Waals surface area (Å²) in [6, 6.07) is 25.9. The number of halogens is 1. The number of ether oxygens (including phenoxy) is 2. The lowest BCUT2D eigenvalue weighted by Gasteiger charge is -2.13. The molecule has 176 valence electrons. The summed E-state index contributed by atoms with van der Waals surface area (Å²) in [7, 11) is 0. The first-order valence-electron chi connectivity index (χ1n) is 11.0. The molecule has 1 amide bonds. The van der Waals surface area contributed by atoms with Crippen LogP contribution < -0.4 is 14.9 Å². The number of hydrazone groups is 1. The Morgan fingerprint density at radius 3 is 2.54 bits per heavy atom. The molecule has 0 spiro atoms. The molecule has 0 aliphatic heterocycles. The van der Waals surface area contributed by atoms with Gasteiger partial charge < -0.3 is 9.47 Å². The smallest absolute Gasteiger partial charge is 0.343 e. The van der Waals surface area contributed by atoms with Crippen molar-refractivity contribution in [2.45, 2.75) is 20.0 Å². The van der Waals surface area contributed by atoms with Gasteiger partial charge in [-0.3, -0.25) is 4.79 Å². The number of nitrogens with one attached hydrogen (secondary N) is 1. The van der Waals surface area contributed by atoms with Gasteiger partial charge in [-0.25, -0.2) is 10.2 Å². The standard InChI is InChI=1S/C28H23BrN2O4/c1-18-6-5-9-22(14-18)28(33)35-26-13-11-24(29)15-23(26)17-30-31-27(32)19(2)34-25-12-10-20-7-3-4-8-21(20)16-25/h3-17,19H,1-2H3,(H,31,32)/b30-17+. The van der Waals surface area contributed by atoms with Crippen LogP contribution in [0.3, 0.4) is 0 Å². The van der Waals surface area contributed by atoms with E-state index in [4.69, 9.17) is 9.47 Å². The summed E-state index contributed by atoms with van der Waals surface area (Å²) in [5.74, 6) is 0.0145. The molecule has 0 saturated carbocycles. The number of fused-ring (bicyclic) bond motifs is 1. The van der Waals surface area contributed by atoms with Crippen molar-refractivity contribution in [1.29, 1.82) is 0 Å². The molecule has 6 nitrogen and oxygen atoms in total. The highest BCUT2D eigenvalue weighted by atomic mass is 79.9. The molecule has 4 rings (SSSR count). The van der Waals surface area contributed by atoms with Crippen LogP contribution in [0.2, 0.25) is 0 Å². The Morgan fingerprint density at radius 1 is 0.943 bits per heavy atom. The van der Waals surface area contributed by atoms with Crippen LogP contribution in [0, 0.1) is 6.92 Å². The third-order valence-corrected chi connectivity index (χ3v) is 5.70. The van der Waals surface area contributed by atoms with Crippen molar-refractivity contribution in [3.8, 4) is 11.5 Å². The molecule has 0 aliphatic rings. The van der Waals surface area contributed by atoms with E-state index in [2.05, 4.69) is 26.5 Å². The quantitative estimate of drug-likeness (QED) is 0.136. The minimum atomic E-state index is -0.769. The zero-order valence-electron chi connectivity index (χ0n) is 19.2. The fourth-order valence-electron chi connectivity index (χ4n) is 3.40. The van der Waals surface area contributed by atoms with Crippen LogP contribution in [0.1, 0.15) is 28.4 Å². The number of rotatable bonds is 7. The SMILES string of the molecule is Cc1cccc(C(=O)Oc2ccc(Br)cc2/C=N/NC(=O)C(C)Oc2ccc3ccccc3c2)c1. The van der Waals surface area contributed by atoms with Gasteiger partial charge in [0.25, 0.3) is 5.91 Å². The fraction of sp³-hybridized carbons (Fsp3) is 0.107. The average molecular weight is 531 g/mol. The maximum absolute atomic E-state index is 12.6. The Morgan fingerprint density at radius 2 is 1.74 bits per heavy atom. The van der Waals surface area contributed by atoms with Crippen molar-refractivity contribution in [2.75, 3.05) is 0 Å². The van der Waals surface area contributed by atoms with Crippen LogP contribution in [0.4, 0.5) is 0 Å². The number of hydrogen-bond acceptors (Lipinski definition) is 5. The first-order chi connectivity index (χ1) is 16.9. The number of amides is 1. The Balaban J connectivity index is 1.41. The van der Waals surface area contributed by atoms with Gasteiger partial charge in [0.15, 0.2) is 6.10 Å². The summed E-state index contributed by atoms with van der Waals surface area (Å²) in [4.78, 5) is 25.1. The molecule has 4 aromatic carbocycles. The van der Waals surface area contributed by atoms with Crippen molar-refractivity contribution < 1.29 is 19.1 Å². The number of hydrogen-bond donors (Lipinski definition) is 1. The van der Waals surface area contributed by atoms with E-state index >= 15 is 0 Å². The molecule has 0 saturated heterocycles. The van der Waals surface area contributed by atoms with E-state index in [1.807, 2.05) is 55.5 Å². The van der Waals surface area contributed by atoms with Crippen LogP contribution in [0.5, 0.6) is 11.5 Å². The topological polar surface area (TPSA) is 77.0 Å². The van der Waals surface area contributed by atoms with Gasteiger partial charge in [0.2, 0.25) is 0 Å². The summed E-state index contributed by atoms with van der Waals surface area (Å²) in [5.41, 5.74) is 4.40. The van der Waals surface area contributed by atoms with Crippen LogP contribution >= 0.6 is 15.9 Å². The number of carbonyl (C=O) groups excluding carboxylic acids is 2. The predicted octanol–water partition coefficient (Wildman–Crippen LogP) is 6.05. The molecule has 0 aliphatic carbocycles. The molecule has 0 aromatic heterocycles. The van der Waals surface area contributed by atoms with Crippen molar-refractivity contribution in [1.82, 2.24) is 5.43 Å². The number of carbonyl (C=O) groups is 2. The third-order valence-electron chi connectivity index (χ3n) is 5.21. The molecule has 4 aromatic rings. The fourth-order valence-corrected chi connectivity index (χ4v) is 3.78. The highest BCUT2D eigenvalue weighted by Gasteiger charge is 2.15. The molecule has 1 N–H and O–H groups in total. The van der Waals surface area contributed by atoms with Crippen molar-refractivity contribution in [3.05, 3.63) is 106 Å². The summed E-state index contributed by atoms with van der Waals surface area (Å²) < 4.78 is 12.1. The Hall–Kier alpha value is -3.97. The first kappa shape index (κ1) is 24.2. The summed E-state index contributed by atoms with van der Waals surface area (Å²) in [6.45, 7) is 3.55. The number of esters is 1. The zero-order chi connectivity index (χ0) is 24.8. The largest absolute Gasteiger partial charge is 0.481 e. The van der Waals surface area contributed by atoms with Crippen molar-refractivity contribution in [2.24, 2.45) is 5.10 Å². The molecule has 0 radical (unpaired) electrons. The Labute approximate surface area is 211 Å². The van der Waals surface area contributed by atoms with Crippen molar-refractivity contribution in [3.63, 3.8) is 0 Å². The number of nitrogens with zero attached hydrogens (tertiary/aromatic N) is 1. The van der Waals surface area contributed by atoms with Crippen LogP contribution in [-0.2, 0) is 4.79 Å². The second-order valence-electron chi connectivity index (χ2n) is 7.94. The van der Waals surface area contributed by atoms with Crippen LogP contribution in [0.25, 0.3) is 10.8 Å². The highest BCUT2D eigenvalue weighted by Crippen LogP contribution is 2.24. The molecule has 7 heteroatoms. The number of aryl methyl sites for hydroxylation is 1. The molecule has 0 heterocycles. The van der Waals surface area contributed by atoms with Gasteiger partial charge in [-0.2, -0.15) is 5.10 Å². The lowest BCUT2D eigenvalue weighted by Crippen LogP contribution is -2.33. The molecule has 1 unspecified atom stereocenters. The number of benzene rings is 4. The van der Waals surface area contributed by atoms with E-state index in [-0.39, 0.29) is 0 Å². The van der Waals surface area contributed by atoms with E-state index in [1.54, 1.807) is 43.3 Å². The molecular weight excluding hydrogens is 508 g/mol. The lowest BCUT2D eigenvalue weighted by atomic mass is 10.1. The predicted molar refractivity (Wildman–Crippen MR) is 140 cm³/mol. The summed E-state index contributed by atoms with van der Waals surface area (Å²) >= 11 is 3.41. The van der Waals surface area contributed by atoms with E-state index in [9.17, 15) is 9.59 Å². The highest BCUT2D eigenvalue weighted by molar-refractivity contribution is 9.10. The second kappa shape index (κ2) is 11.0. The van der Waals surface area contributed by atoms with Gasteiger partial charge in [-0.1, -0.05) is 64.0 Å². The Kier molecular flexibility index (Phi) is 7.57.